The van der Waals surface area contributed by atoms with Crippen molar-refractivity contribution in [3.05, 3.63) is 48.4 Å². The van der Waals surface area contributed by atoms with Crippen LogP contribution in [0.5, 0.6) is 23.0 Å². The number of pyridine rings is 1. The molecule has 1 aliphatic carbocycles. The number of carbonyl (C=O) groups excluding carboxylic acids is 1. The van der Waals surface area contributed by atoms with Gasteiger partial charge in [0, 0.05) is 61.1 Å². The molecule has 1 saturated heterocycles. The van der Waals surface area contributed by atoms with E-state index in [0.29, 0.717) is 40.4 Å². The Labute approximate surface area is 222 Å². The number of nitrogens with one attached hydrogen (secondary N) is 1. The largest absolute Gasteiger partial charge is 0.493 e. The lowest BCUT2D eigenvalue weighted by molar-refractivity contribution is -0.120. The van der Waals surface area contributed by atoms with Gasteiger partial charge < -0.3 is 29.2 Å². The molecule has 0 unspecified atom stereocenters. The molecule has 0 radical (unpaired) electrons. The van der Waals surface area contributed by atoms with Crippen LogP contribution in [0.25, 0.3) is 10.9 Å². The molecule has 8 nitrogen and oxygen atoms in total. The third-order valence-electron chi connectivity index (χ3n) is 7.14. The summed E-state index contributed by atoms with van der Waals surface area (Å²) in [5.41, 5.74) is 0.705. The highest BCUT2D eigenvalue weighted by atomic mass is 19.1. The highest BCUT2D eigenvalue weighted by molar-refractivity contribution is 5.96. The fourth-order valence-corrected chi connectivity index (χ4v) is 4.46. The van der Waals surface area contributed by atoms with E-state index in [0.717, 1.165) is 58.5 Å². The maximum atomic E-state index is 14.9. The van der Waals surface area contributed by atoms with Gasteiger partial charge in [-0.25, -0.2) is 4.39 Å². The van der Waals surface area contributed by atoms with Crippen molar-refractivity contribution in [1.29, 1.82) is 0 Å². The smallest absolute Gasteiger partial charge is 0.230 e. The minimum absolute atomic E-state index is 0.0475. The average Bonchev–Trinajstić information content (AvgIpc) is 3.72. The number of aromatic nitrogens is 1. The maximum absolute atomic E-state index is 14.9. The van der Waals surface area contributed by atoms with Crippen LogP contribution in [-0.4, -0.2) is 62.4 Å². The molecule has 5 rings (SSSR count). The zero-order chi connectivity index (χ0) is 26.5. The first-order valence-corrected chi connectivity index (χ1v) is 13.1. The Hall–Kier alpha value is -3.43. The number of hydrogen-bond acceptors (Lipinski definition) is 7. The number of anilines is 1. The van der Waals surface area contributed by atoms with Crippen molar-refractivity contribution in [3.63, 3.8) is 0 Å². The van der Waals surface area contributed by atoms with Gasteiger partial charge in [-0.3, -0.25) is 9.78 Å². The first kappa shape index (κ1) is 26.2. The number of ether oxygens (including phenoxy) is 4. The molecule has 9 heteroatoms. The van der Waals surface area contributed by atoms with Gasteiger partial charge in [0.05, 0.1) is 25.8 Å². The summed E-state index contributed by atoms with van der Waals surface area (Å²) >= 11 is 0. The highest BCUT2D eigenvalue weighted by Crippen LogP contribution is 2.46. The van der Waals surface area contributed by atoms with Gasteiger partial charge in [-0.2, -0.15) is 0 Å². The monoisotopic (exact) mass is 523 g/mol. The molecule has 2 fully saturated rings. The van der Waals surface area contributed by atoms with Gasteiger partial charge in [0.15, 0.2) is 23.1 Å². The summed E-state index contributed by atoms with van der Waals surface area (Å²) in [7, 11) is 1.58. The first-order chi connectivity index (χ1) is 18.4. The molecule has 2 heterocycles. The fraction of sp³-hybridized carbons (Fsp3) is 0.448. The minimum atomic E-state index is -0.573. The molecule has 1 aliphatic heterocycles. The van der Waals surface area contributed by atoms with Gasteiger partial charge in [-0.15, -0.1) is 0 Å². The topological polar surface area (TPSA) is 82.2 Å². The van der Waals surface area contributed by atoms with Crippen LogP contribution in [0.3, 0.4) is 0 Å². The van der Waals surface area contributed by atoms with Crippen molar-refractivity contribution in [2.45, 2.75) is 32.6 Å². The zero-order valence-electron chi connectivity index (χ0n) is 21.9. The van der Waals surface area contributed by atoms with E-state index in [-0.39, 0.29) is 17.1 Å². The Kier molecular flexibility index (Phi) is 7.95. The maximum Gasteiger partial charge on any atom is 0.230 e. The van der Waals surface area contributed by atoms with Crippen LogP contribution in [0, 0.1) is 11.2 Å². The van der Waals surface area contributed by atoms with Crippen molar-refractivity contribution in [1.82, 2.24) is 9.88 Å². The molecule has 2 aromatic carbocycles. The fourth-order valence-electron chi connectivity index (χ4n) is 4.46. The zero-order valence-corrected chi connectivity index (χ0v) is 21.9. The number of halogens is 1. The minimum Gasteiger partial charge on any atom is -0.493 e. The van der Waals surface area contributed by atoms with Crippen LogP contribution >= 0.6 is 0 Å². The number of carbonyl (C=O) groups is 1. The summed E-state index contributed by atoms with van der Waals surface area (Å²) in [4.78, 5) is 19.1. The Morgan fingerprint density at radius 1 is 1.11 bits per heavy atom. The van der Waals surface area contributed by atoms with Crippen LogP contribution < -0.4 is 19.5 Å². The Bertz CT molecular complexity index is 1290. The molecule has 202 valence electrons. The normalized spacial score (nSPS) is 17.0. The van der Waals surface area contributed by atoms with E-state index in [2.05, 4.69) is 15.2 Å². The van der Waals surface area contributed by atoms with Crippen LogP contribution in [0.2, 0.25) is 0 Å². The number of amides is 1. The third kappa shape index (κ3) is 6.16. The van der Waals surface area contributed by atoms with Crippen LogP contribution in [0.15, 0.2) is 42.6 Å². The summed E-state index contributed by atoms with van der Waals surface area (Å²) in [6.07, 6.45) is 5.25. The van der Waals surface area contributed by atoms with E-state index >= 15 is 0 Å². The second-order valence-corrected chi connectivity index (χ2v) is 10.1. The number of methoxy groups -OCH3 is 1. The van der Waals surface area contributed by atoms with Gasteiger partial charge in [-0.1, -0.05) is 6.92 Å². The predicted octanol–water partition coefficient (Wildman–Crippen LogP) is 5.40. The Morgan fingerprint density at radius 2 is 1.97 bits per heavy atom. The molecule has 1 amide bonds. The van der Waals surface area contributed by atoms with Crippen molar-refractivity contribution in [2.75, 3.05) is 51.9 Å². The van der Waals surface area contributed by atoms with Gasteiger partial charge in [-0.05, 0) is 49.9 Å². The SMILES string of the molecule is COc1cc2c(Oc3ccc(NC(=O)C4(C)CC4)cc3F)ccnc2cc1OCCCN1CCCOCC1. The quantitative estimate of drug-likeness (QED) is 0.356. The number of benzene rings is 2. The number of rotatable bonds is 10. The van der Waals surface area contributed by atoms with E-state index in [1.807, 2.05) is 13.0 Å². The van der Waals surface area contributed by atoms with Gasteiger partial charge in [0.25, 0.3) is 0 Å². The van der Waals surface area contributed by atoms with Crippen LogP contribution in [-0.2, 0) is 9.53 Å². The summed E-state index contributed by atoms with van der Waals surface area (Å²) in [6, 6.07) is 9.70. The molecule has 0 atom stereocenters. The van der Waals surface area contributed by atoms with Gasteiger partial charge in [0.2, 0.25) is 5.91 Å². The Balaban J connectivity index is 1.26. The van der Waals surface area contributed by atoms with E-state index < -0.39 is 5.82 Å². The third-order valence-corrected chi connectivity index (χ3v) is 7.14. The van der Waals surface area contributed by atoms with E-state index in [4.69, 9.17) is 18.9 Å². The lowest BCUT2D eigenvalue weighted by atomic mass is 10.1. The Morgan fingerprint density at radius 3 is 2.76 bits per heavy atom. The second-order valence-electron chi connectivity index (χ2n) is 10.1. The molecule has 1 aromatic heterocycles. The molecule has 1 saturated carbocycles. The molecule has 0 spiro atoms. The van der Waals surface area contributed by atoms with Crippen molar-refractivity contribution in [3.8, 4) is 23.0 Å². The van der Waals surface area contributed by atoms with Crippen molar-refractivity contribution in [2.24, 2.45) is 5.41 Å². The van der Waals surface area contributed by atoms with Crippen LogP contribution in [0.1, 0.15) is 32.6 Å². The second kappa shape index (κ2) is 11.5. The summed E-state index contributed by atoms with van der Waals surface area (Å²) in [5, 5.41) is 3.45. The molecule has 2 aliphatic rings. The molecular formula is C29H34FN3O5. The summed E-state index contributed by atoms with van der Waals surface area (Å²) in [6.45, 7) is 7.00. The number of nitrogens with zero attached hydrogens (tertiary/aromatic N) is 2. The summed E-state index contributed by atoms with van der Waals surface area (Å²) in [5.74, 6) is 0.963. The lowest BCUT2D eigenvalue weighted by Crippen LogP contribution is -2.28. The predicted molar refractivity (Wildman–Crippen MR) is 143 cm³/mol. The lowest BCUT2D eigenvalue weighted by Gasteiger charge is -2.19. The van der Waals surface area contributed by atoms with E-state index in [1.165, 1.54) is 12.1 Å². The molecular weight excluding hydrogens is 489 g/mol. The number of hydrogen-bond donors (Lipinski definition) is 1. The van der Waals surface area contributed by atoms with Gasteiger partial charge in [0.1, 0.15) is 5.75 Å². The van der Waals surface area contributed by atoms with Crippen molar-refractivity contribution >= 4 is 22.5 Å². The van der Waals surface area contributed by atoms with E-state index in [9.17, 15) is 9.18 Å². The first-order valence-electron chi connectivity index (χ1n) is 13.1. The van der Waals surface area contributed by atoms with E-state index in [1.54, 1.807) is 31.5 Å². The highest BCUT2D eigenvalue weighted by Gasteiger charge is 2.44. The standard InChI is InChI=1S/C29H34FN3O5/c1-29(8-9-29)28(34)32-20-5-6-25(22(30)17-20)38-24-7-10-31-23-19-27(26(35-2)18-21(23)24)37-15-4-12-33-11-3-14-36-16-13-33/h5-7,10,17-19H,3-4,8-9,11-16H2,1-2H3,(H,32,34). The van der Waals surface area contributed by atoms with Gasteiger partial charge >= 0.3 is 0 Å². The molecule has 0 bridgehead atoms. The van der Waals surface area contributed by atoms with Crippen LogP contribution in [0.4, 0.5) is 10.1 Å². The molecule has 3 aromatic rings. The summed E-state index contributed by atoms with van der Waals surface area (Å²) < 4.78 is 38.0. The molecule has 38 heavy (non-hydrogen) atoms. The van der Waals surface area contributed by atoms with Crippen molar-refractivity contribution < 1.29 is 28.1 Å². The average molecular weight is 524 g/mol. The number of fused-ring (bicyclic) bond motifs is 1. The molecule has 1 N–H and O–H groups in total.